The van der Waals surface area contributed by atoms with Gasteiger partial charge < -0.3 is 19.9 Å². The van der Waals surface area contributed by atoms with Crippen LogP contribution in [0.4, 0.5) is 0 Å². The van der Waals surface area contributed by atoms with Crippen molar-refractivity contribution in [2.45, 2.75) is 26.2 Å². The highest BCUT2D eigenvalue weighted by atomic mass is 15.3. The number of para-hydroxylation sites is 8. The molecular weight excluding hydrogens is 649 g/mol. The van der Waals surface area contributed by atoms with Crippen molar-refractivity contribution in [3.8, 4) is 0 Å². The van der Waals surface area contributed by atoms with Gasteiger partial charge >= 0.3 is 0 Å². The normalized spacial score (nSPS) is 16.6. The summed E-state index contributed by atoms with van der Waals surface area (Å²) >= 11 is 0. The molecule has 0 radical (unpaired) electrons. The Morgan fingerprint density at radius 2 is 0.538 bits per heavy atom. The monoisotopic (exact) mass is 692 g/mol. The lowest BCUT2D eigenvalue weighted by Gasteiger charge is -2.33. The van der Waals surface area contributed by atoms with Crippen LogP contribution in [0.25, 0.3) is 44.1 Å². The second kappa shape index (κ2) is 14.7. The van der Waals surface area contributed by atoms with E-state index in [2.05, 4.69) is 112 Å². The number of benzene rings is 4. The van der Waals surface area contributed by atoms with Gasteiger partial charge in [0, 0.05) is 52.4 Å². The van der Waals surface area contributed by atoms with Crippen LogP contribution in [0.5, 0.6) is 0 Å². The minimum Gasteiger partial charge on any atom is -0.341 e. The van der Waals surface area contributed by atoms with Crippen LogP contribution in [0.3, 0.4) is 0 Å². The Morgan fingerprint density at radius 3 is 0.750 bits per heavy atom. The lowest BCUT2D eigenvalue weighted by molar-refractivity contribution is 0.118. The lowest BCUT2D eigenvalue weighted by atomic mass is 10.3. The minimum absolute atomic E-state index is 0.754. The molecule has 0 unspecified atom stereocenters. The summed E-state index contributed by atoms with van der Waals surface area (Å²) in [5.41, 5.74) is 8.35. The summed E-state index contributed by atoms with van der Waals surface area (Å²) in [5.74, 6) is 3.99. The second-order valence-electron chi connectivity index (χ2n) is 13.9. The van der Waals surface area contributed by atoms with E-state index in [1.165, 1.54) is 0 Å². The van der Waals surface area contributed by atoms with Gasteiger partial charge in [-0.15, -0.1) is 0 Å². The molecule has 4 aromatic heterocycles. The number of H-pyrrole nitrogens is 4. The van der Waals surface area contributed by atoms with Crippen molar-refractivity contribution >= 4 is 44.1 Å². The zero-order valence-electron chi connectivity index (χ0n) is 29.3. The highest BCUT2D eigenvalue weighted by Gasteiger charge is 2.21. The number of nitrogens with zero attached hydrogens (tertiary/aromatic N) is 8. The zero-order valence-corrected chi connectivity index (χ0v) is 29.3. The molecule has 0 saturated carbocycles. The standard InChI is InChI=1S/C40H44N12/c1-2-10-30-29(9-1)41-37(42-30)25-49-17-19-50(26-38-43-31-11-3-4-12-32(31)44-38)21-23-52(28-40-47-35-15-7-8-16-36(35)48-40)24-22-51(20-18-49)27-39-45-33-13-5-6-14-34(33)46-39/h1-16H,17-28H2,(H,41,42)(H,43,44)(H,45,46)(H,47,48). The SMILES string of the molecule is c1ccc2[nH]c(CN3CCN(Cc4nc5ccccc5[nH]4)CCN(Cc4nc5ccccc5[nH]4)CCN(Cc4nc5ccccc5[nH]4)CC3)nc2c1. The number of aromatic nitrogens is 8. The van der Waals surface area contributed by atoms with Crippen LogP contribution < -0.4 is 0 Å². The van der Waals surface area contributed by atoms with Gasteiger partial charge in [-0.2, -0.15) is 0 Å². The van der Waals surface area contributed by atoms with Gasteiger partial charge in [0.05, 0.1) is 70.3 Å². The topological polar surface area (TPSA) is 128 Å². The van der Waals surface area contributed by atoms with Crippen LogP contribution in [0.15, 0.2) is 97.1 Å². The third-order valence-corrected chi connectivity index (χ3v) is 10.2. The van der Waals surface area contributed by atoms with E-state index in [1.54, 1.807) is 0 Å². The van der Waals surface area contributed by atoms with Crippen LogP contribution in [-0.4, -0.2) is 112 Å². The van der Waals surface area contributed by atoms with E-state index < -0.39 is 0 Å². The first-order valence-electron chi connectivity index (χ1n) is 18.3. The Bertz CT molecular complexity index is 1920. The smallest absolute Gasteiger partial charge is 0.121 e. The summed E-state index contributed by atoms with van der Waals surface area (Å²) in [7, 11) is 0. The Labute approximate surface area is 301 Å². The summed E-state index contributed by atoms with van der Waals surface area (Å²) < 4.78 is 0. The molecule has 9 rings (SSSR count). The first-order valence-corrected chi connectivity index (χ1v) is 18.3. The molecule has 0 bridgehead atoms. The quantitative estimate of drug-likeness (QED) is 0.164. The van der Waals surface area contributed by atoms with Gasteiger partial charge in [0.25, 0.3) is 0 Å². The van der Waals surface area contributed by atoms with Crippen molar-refractivity contribution < 1.29 is 0 Å². The molecule has 1 saturated heterocycles. The third kappa shape index (κ3) is 7.46. The van der Waals surface area contributed by atoms with Crippen LogP contribution in [0.1, 0.15) is 23.3 Å². The predicted molar refractivity (Wildman–Crippen MR) is 205 cm³/mol. The Hall–Kier alpha value is -5.40. The fourth-order valence-corrected chi connectivity index (χ4v) is 7.38. The van der Waals surface area contributed by atoms with Crippen molar-refractivity contribution in [1.82, 2.24) is 59.5 Å². The maximum Gasteiger partial charge on any atom is 0.121 e. The minimum atomic E-state index is 0.754. The molecule has 264 valence electrons. The van der Waals surface area contributed by atoms with Gasteiger partial charge in [-0.05, 0) is 48.5 Å². The maximum absolute atomic E-state index is 4.95. The molecule has 1 aliphatic rings. The van der Waals surface area contributed by atoms with Crippen molar-refractivity contribution in [3.63, 3.8) is 0 Å². The maximum atomic E-state index is 4.95. The second-order valence-corrected chi connectivity index (χ2v) is 13.9. The molecule has 4 aromatic carbocycles. The zero-order chi connectivity index (χ0) is 34.7. The fourth-order valence-electron chi connectivity index (χ4n) is 7.38. The summed E-state index contributed by atoms with van der Waals surface area (Å²) in [5, 5.41) is 0. The molecule has 52 heavy (non-hydrogen) atoms. The number of nitrogens with one attached hydrogen (secondary N) is 4. The van der Waals surface area contributed by atoms with Gasteiger partial charge in [0.2, 0.25) is 0 Å². The van der Waals surface area contributed by atoms with E-state index in [0.29, 0.717) is 0 Å². The number of hydrogen-bond donors (Lipinski definition) is 4. The van der Waals surface area contributed by atoms with Crippen molar-refractivity contribution in [2.75, 3.05) is 52.4 Å². The van der Waals surface area contributed by atoms with Crippen LogP contribution >= 0.6 is 0 Å². The lowest BCUT2D eigenvalue weighted by Crippen LogP contribution is -2.45. The average molecular weight is 693 g/mol. The molecule has 1 aliphatic heterocycles. The van der Waals surface area contributed by atoms with Crippen molar-refractivity contribution in [3.05, 3.63) is 120 Å². The Morgan fingerprint density at radius 1 is 0.327 bits per heavy atom. The van der Waals surface area contributed by atoms with Gasteiger partial charge in [-0.3, -0.25) is 19.6 Å². The summed E-state index contributed by atoms with van der Waals surface area (Å²) in [6.07, 6.45) is 0. The molecule has 0 aliphatic carbocycles. The molecular formula is C40H44N12. The first kappa shape index (κ1) is 32.5. The highest BCUT2D eigenvalue weighted by molar-refractivity contribution is 5.76. The van der Waals surface area contributed by atoms with E-state index in [-0.39, 0.29) is 0 Å². The van der Waals surface area contributed by atoms with Crippen LogP contribution in [0.2, 0.25) is 0 Å². The number of imidazole rings is 4. The van der Waals surface area contributed by atoms with E-state index in [0.717, 1.165) is 146 Å². The molecule has 0 amide bonds. The number of aromatic amines is 4. The molecule has 5 heterocycles. The van der Waals surface area contributed by atoms with E-state index in [4.69, 9.17) is 19.9 Å². The fraction of sp³-hybridized carbons (Fsp3) is 0.300. The number of hydrogen-bond acceptors (Lipinski definition) is 8. The first-order chi connectivity index (χ1) is 25.7. The molecule has 8 aromatic rings. The van der Waals surface area contributed by atoms with Crippen LogP contribution in [0, 0.1) is 0 Å². The average Bonchev–Trinajstić information content (AvgIpc) is 3.96. The Kier molecular flexibility index (Phi) is 9.18. The Balaban J connectivity index is 0.990. The molecule has 12 nitrogen and oxygen atoms in total. The van der Waals surface area contributed by atoms with E-state index in [9.17, 15) is 0 Å². The third-order valence-electron chi connectivity index (χ3n) is 10.2. The highest BCUT2D eigenvalue weighted by Crippen LogP contribution is 2.17. The molecule has 0 atom stereocenters. The van der Waals surface area contributed by atoms with Gasteiger partial charge in [-0.25, -0.2) is 19.9 Å². The van der Waals surface area contributed by atoms with E-state index in [1.807, 2.05) is 24.3 Å². The van der Waals surface area contributed by atoms with Crippen LogP contribution in [-0.2, 0) is 26.2 Å². The predicted octanol–water partition coefficient (Wildman–Crippen LogP) is 5.51. The summed E-state index contributed by atoms with van der Waals surface area (Å²) in [6.45, 7) is 10.2. The van der Waals surface area contributed by atoms with Gasteiger partial charge in [-0.1, -0.05) is 48.5 Å². The molecule has 0 spiro atoms. The molecule has 12 heteroatoms. The van der Waals surface area contributed by atoms with Crippen molar-refractivity contribution in [2.24, 2.45) is 0 Å². The van der Waals surface area contributed by atoms with E-state index >= 15 is 0 Å². The molecule has 1 fully saturated rings. The summed E-state index contributed by atoms with van der Waals surface area (Å²) in [6, 6.07) is 33.1. The number of rotatable bonds is 8. The largest absolute Gasteiger partial charge is 0.341 e. The van der Waals surface area contributed by atoms with Gasteiger partial charge in [0.1, 0.15) is 23.3 Å². The molecule has 4 N–H and O–H groups in total. The van der Waals surface area contributed by atoms with Gasteiger partial charge in [0.15, 0.2) is 0 Å². The summed E-state index contributed by atoms with van der Waals surface area (Å²) in [4.78, 5) is 44.3. The number of fused-ring (bicyclic) bond motifs is 4. The van der Waals surface area contributed by atoms with Crippen molar-refractivity contribution in [1.29, 1.82) is 0 Å².